The Bertz CT molecular complexity index is 302. The summed E-state index contributed by atoms with van der Waals surface area (Å²) in [4.78, 5) is 0. The molecule has 0 saturated heterocycles. The number of nitrogens with zero attached hydrogens (tertiary/aromatic N) is 2. The van der Waals surface area contributed by atoms with E-state index in [1.165, 1.54) is 0 Å². The van der Waals surface area contributed by atoms with Crippen LogP contribution in [0.3, 0.4) is 0 Å². The third-order valence-electron chi connectivity index (χ3n) is 2.18. The minimum atomic E-state index is -0.605. The molecular weight excluding hydrogens is 216 g/mol. The van der Waals surface area contributed by atoms with E-state index in [0.717, 1.165) is 13.0 Å². The molecule has 0 fully saturated rings. The van der Waals surface area contributed by atoms with E-state index < -0.39 is 6.10 Å². The van der Waals surface area contributed by atoms with E-state index in [4.69, 9.17) is 16.3 Å². The van der Waals surface area contributed by atoms with Gasteiger partial charge in [0.15, 0.2) is 0 Å². The van der Waals surface area contributed by atoms with Crippen LogP contribution < -0.4 is 0 Å². The van der Waals surface area contributed by atoms with Crippen LogP contribution in [0.1, 0.15) is 31.6 Å². The Hall–Kier alpha value is -0.580. The fourth-order valence-electron chi connectivity index (χ4n) is 1.46. The first-order valence-corrected chi connectivity index (χ1v) is 5.46. The monoisotopic (exact) mass is 232 g/mol. The third-order valence-corrected chi connectivity index (χ3v) is 2.47. The quantitative estimate of drug-likeness (QED) is 0.816. The lowest BCUT2D eigenvalue weighted by atomic mass is 10.2. The van der Waals surface area contributed by atoms with Crippen molar-refractivity contribution >= 4 is 11.6 Å². The zero-order chi connectivity index (χ0) is 11.3. The average Bonchev–Trinajstić information content (AvgIpc) is 2.57. The molecule has 0 amide bonds. The normalized spacial score (nSPS) is 13.1. The van der Waals surface area contributed by atoms with Crippen LogP contribution in [0.2, 0.25) is 5.02 Å². The van der Waals surface area contributed by atoms with Crippen molar-refractivity contribution in [2.45, 2.75) is 32.4 Å². The van der Waals surface area contributed by atoms with Crippen LogP contribution in [0.5, 0.6) is 0 Å². The number of rotatable bonds is 6. The smallest absolute Gasteiger partial charge is 0.0993 e. The number of aliphatic hydroxyl groups is 1. The van der Waals surface area contributed by atoms with Crippen LogP contribution in [0.4, 0.5) is 0 Å². The molecule has 5 heteroatoms. The summed E-state index contributed by atoms with van der Waals surface area (Å²) in [5.74, 6) is 0. The van der Waals surface area contributed by atoms with E-state index in [9.17, 15) is 5.11 Å². The van der Waals surface area contributed by atoms with Gasteiger partial charge in [0.1, 0.15) is 0 Å². The van der Waals surface area contributed by atoms with Crippen molar-refractivity contribution in [3.05, 3.63) is 16.9 Å². The van der Waals surface area contributed by atoms with Crippen molar-refractivity contribution in [1.82, 2.24) is 9.78 Å². The number of aliphatic hydroxyl groups excluding tert-OH is 1. The van der Waals surface area contributed by atoms with Gasteiger partial charge in [-0.25, -0.2) is 0 Å². The average molecular weight is 233 g/mol. The molecule has 0 aliphatic rings. The number of aryl methyl sites for hydroxylation is 1. The van der Waals surface area contributed by atoms with Gasteiger partial charge < -0.3 is 9.84 Å². The molecule has 0 aliphatic carbocycles. The van der Waals surface area contributed by atoms with Gasteiger partial charge in [-0.3, -0.25) is 4.68 Å². The van der Waals surface area contributed by atoms with E-state index in [1.807, 2.05) is 0 Å². The molecule has 1 atom stereocenters. The van der Waals surface area contributed by atoms with Gasteiger partial charge in [-0.05, 0) is 6.42 Å². The lowest BCUT2D eigenvalue weighted by Crippen LogP contribution is -2.11. The molecular formula is C10H17ClN2O2. The minimum Gasteiger partial charge on any atom is -0.387 e. The van der Waals surface area contributed by atoms with Crippen LogP contribution in [0.25, 0.3) is 0 Å². The van der Waals surface area contributed by atoms with Crippen molar-refractivity contribution in [3.63, 3.8) is 0 Å². The second kappa shape index (κ2) is 6.10. The number of aromatic nitrogens is 2. The molecule has 4 nitrogen and oxygen atoms in total. The summed E-state index contributed by atoms with van der Waals surface area (Å²) >= 11 is 5.97. The van der Waals surface area contributed by atoms with Crippen molar-refractivity contribution < 1.29 is 9.84 Å². The van der Waals surface area contributed by atoms with Gasteiger partial charge in [0.2, 0.25) is 0 Å². The van der Waals surface area contributed by atoms with E-state index in [-0.39, 0.29) is 0 Å². The largest absolute Gasteiger partial charge is 0.387 e. The lowest BCUT2D eigenvalue weighted by Gasteiger charge is -2.13. The molecule has 1 aromatic heterocycles. The summed E-state index contributed by atoms with van der Waals surface area (Å²) in [5, 5.41) is 14.5. The maximum atomic E-state index is 9.90. The first kappa shape index (κ1) is 12.5. The van der Waals surface area contributed by atoms with Crippen LogP contribution in [-0.4, -0.2) is 28.6 Å². The Kier molecular flexibility index (Phi) is 5.08. The molecule has 0 bridgehead atoms. The molecule has 0 spiro atoms. The molecule has 1 N–H and O–H groups in total. The van der Waals surface area contributed by atoms with Gasteiger partial charge in [-0.15, -0.1) is 0 Å². The number of hydrogen-bond acceptors (Lipinski definition) is 3. The fourth-order valence-corrected chi connectivity index (χ4v) is 1.73. The lowest BCUT2D eigenvalue weighted by molar-refractivity contribution is 0.104. The Labute approximate surface area is 94.8 Å². The van der Waals surface area contributed by atoms with E-state index in [0.29, 0.717) is 23.7 Å². The van der Waals surface area contributed by atoms with Gasteiger partial charge in [0.05, 0.1) is 23.0 Å². The molecule has 0 saturated carbocycles. The summed E-state index contributed by atoms with van der Waals surface area (Å²) in [7, 11) is 1.61. The summed E-state index contributed by atoms with van der Waals surface area (Å²) in [5.41, 5.74) is 0.690. The fraction of sp³-hybridized carbons (Fsp3) is 0.700. The third kappa shape index (κ3) is 3.19. The van der Waals surface area contributed by atoms with Gasteiger partial charge in [-0.2, -0.15) is 5.10 Å². The van der Waals surface area contributed by atoms with Crippen LogP contribution >= 0.6 is 11.6 Å². The predicted octanol–water partition coefficient (Wildman–Crippen LogP) is 2.02. The van der Waals surface area contributed by atoms with Gasteiger partial charge >= 0.3 is 0 Å². The van der Waals surface area contributed by atoms with Gasteiger partial charge in [0, 0.05) is 26.7 Å². The van der Waals surface area contributed by atoms with E-state index in [1.54, 1.807) is 18.0 Å². The highest BCUT2D eigenvalue weighted by Gasteiger charge is 2.17. The summed E-state index contributed by atoms with van der Waals surface area (Å²) in [6.07, 6.45) is 2.46. The molecule has 0 aromatic carbocycles. The van der Waals surface area contributed by atoms with Crippen molar-refractivity contribution in [2.75, 3.05) is 13.7 Å². The molecule has 0 aliphatic heterocycles. The molecule has 1 aromatic rings. The maximum Gasteiger partial charge on any atom is 0.0993 e. The first-order chi connectivity index (χ1) is 7.20. The van der Waals surface area contributed by atoms with Crippen LogP contribution in [-0.2, 0) is 11.3 Å². The highest BCUT2D eigenvalue weighted by atomic mass is 35.5. The van der Waals surface area contributed by atoms with Crippen molar-refractivity contribution in [1.29, 1.82) is 0 Å². The second-order valence-electron chi connectivity index (χ2n) is 3.40. The highest BCUT2D eigenvalue weighted by Crippen LogP contribution is 2.25. The molecule has 1 rings (SSSR count). The SMILES string of the molecule is CCCn1ncc(Cl)c1C(O)CCOC. The Morgan fingerprint density at radius 2 is 2.40 bits per heavy atom. The second-order valence-corrected chi connectivity index (χ2v) is 3.81. The molecule has 1 heterocycles. The highest BCUT2D eigenvalue weighted by molar-refractivity contribution is 6.31. The Morgan fingerprint density at radius 3 is 3.00 bits per heavy atom. The molecule has 86 valence electrons. The summed E-state index contributed by atoms with van der Waals surface area (Å²) in [6, 6.07) is 0. The summed E-state index contributed by atoms with van der Waals surface area (Å²) < 4.78 is 6.67. The Balaban J connectivity index is 2.75. The zero-order valence-corrected chi connectivity index (χ0v) is 9.87. The maximum absolute atomic E-state index is 9.90. The molecule has 1 unspecified atom stereocenters. The number of methoxy groups -OCH3 is 1. The van der Waals surface area contributed by atoms with Crippen LogP contribution in [0.15, 0.2) is 6.20 Å². The predicted molar refractivity (Wildman–Crippen MR) is 59.0 cm³/mol. The van der Waals surface area contributed by atoms with E-state index in [2.05, 4.69) is 12.0 Å². The topological polar surface area (TPSA) is 47.3 Å². The minimum absolute atomic E-state index is 0.509. The van der Waals surface area contributed by atoms with Crippen molar-refractivity contribution in [2.24, 2.45) is 0 Å². The number of halogens is 1. The van der Waals surface area contributed by atoms with Gasteiger partial charge in [0.25, 0.3) is 0 Å². The number of ether oxygens (including phenoxy) is 1. The van der Waals surface area contributed by atoms with Crippen molar-refractivity contribution in [3.8, 4) is 0 Å². The van der Waals surface area contributed by atoms with Gasteiger partial charge in [-0.1, -0.05) is 18.5 Å². The van der Waals surface area contributed by atoms with E-state index >= 15 is 0 Å². The Morgan fingerprint density at radius 1 is 1.67 bits per heavy atom. The standard InChI is InChI=1S/C10H17ClN2O2/c1-3-5-13-10(8(11)7-12-13)9(14)4-6-15-2/h7,9,14H,3-6H2,1-2H3. The summed E-state index contributed by atoms with van der Waals surface area (Å²) in [6.45, 7) is 3.34. The number of hydrogen-bond donors (Lipinski definition) is 1. The molecule has 15 heavy (non-hydrogen) atoms. The first-order valence-electron chi connectivity index (χ1n) is 5.08. The van der Waals surface area contributed by atoms with Crippen LogP contribution in [0, 0.1) is 0 Å². The molecule has 0 radical (unpaired) electrons. The zero-order valence-electron chi connectivity index (χ0n) is 9.11.